The van der Waals surface area contributed by atoms with Crippen LogP contribution in [0.15, 0.2) is 77.4 Å². The summed E-state index contributed by atoms with van der Waals surface area (Å²) >= 11 is 2.49. The third kappa shape index (κ3) is 5.02. The molecule has 0 fully saturated rings. The first-order valence-electron chi connectivity index (χ1n) is 12.9. The molecule has 5 aromatic rings. The van der Waals surface area contributed by atoms with Crippen LogP contribution in [-0.2, 0) is 0 Å². The number of nitrogens with zero attached hydrogens (tertiary/aromatic N) is 4. The zero-order valence-electron chi connectivity index (χ0n) is 23.0. The van der Waals surface area contributed by atoms with E-state index in [9.17, 15) is 21.8 Å². The molecule has 0 radical (unpaired) electrons. The highest BCUT2D eigenvalue weighted by atomic mass is 32.1. The lowest BCUT2D eigenvalue weighted by Crippen LogP contribution is -2.21. The van der Waals surface area contributed by atoms with Crippen LogP contribution in [0.1, 0.15) is 5.69 Å². The number of hydrogen-bond donors (Lipinski definition) is 0. The van der Waals surface area contributed by atoms with Crippen molar-refractivity contribution in [1.82, 2.24) is 4.48 Å². The fraction of sp³-hybridized carbons (Fsp3) is 0.167. The fourth-order valence-electron chi connectivity index (χ4n) is 4.97. The Morgan fingerprint density at radius 1 is 0.786 bits per heavy atom. The molecule has 0 saturated carbocycles. The van der Waals surface area contributed by atoms with Crippen LogP contribution >= 0.6 is 22.7 Å². The van der Waals surface area contributed by atoms with Crippen molar-refractivity contribution in [1.29, 1.82) is 0 Å². The maximum absolute atomic E-state index is 14.6. The number of benzene rings is 2. The predicted molar refractivity (Wildman–Crippen MR) is 165 cm³/mol. The van der Waals surface area contributed by atoms with Crippen LogP contribution < -0.4 is 19.7 Å². The lowest BCUT2D eigenvalue weighted by molar-refractivity contribution is -0.0695. The summed E-state index contributed by atoms with van der Waals surface area (Å²) in [6, 6.07) is 19.8. The van der Waals surface area contributed by atoms with Crippen molar-refractivity contribution in [2.75, 3.05) is 38.0 Å². The third-order valence-corrected chi connectivity index (χ3v) is 9.34. The number of fused-ring (bicyclic) bond motifs is 2. The molecule has 0 N–H and O–H groups in total. The molecule has 0 spiro atoms. The molecule has 0 atom stereocenters. The monoisotopic (exact) mass is 610 g/mol. The smallest absolute Gasteiger partial charge is 0.378 e. The quantitative estimate of drug-likeness (QED) is 0.148. The van der Waals surface area contributed by atoms with Crippen molar-refractivity contribution < 1.29 is 21.8 Å². The molecular formula is C30H24BF5N4S2. The molecule has 0 unspecified atom stereocenters. The molecule has 42 heavy (non-hydrogen) atoms. The van der Waals surface area contributed by atoms with E-state index in [0.29, 0.717) is 23.9 Å². The van der Waals surface area contributed by atoms with Gasteiger partial charge >= 0.3 is 13.6 Å². The number of alkyl halides is 3. The minimum absolute atomic E-state index is 0.0512. The second-order valence-electron chi connectivity index (χ2n) is 10.3. The fourth-order valence-corrected chi connectivity index (χ4v) is 7.10. The average Bonchev–Trinajstić information content (AvgIpc) is 3.67. The summed E-state index contributed by atoms with van der Waals surface area (Å²) < 4.78 is 73.9. The van der Waals surface area contributed by atoms with Gasteiger partial charge in [-0.3, -0.25) is 8.63 Å². The van der Waals surface area contributed by atoms with Crippen LogP contribution in [0.4, 0.5) is 33.2 Å². The van der Waals surface area contributed by atoms with Crippen molar-refractivity contribution >= 4 is 63.3 Å². The number of rotatable bonds is 6. The number of hydrogen-bond acceptors (Lipinski definition) is 5. The molecule has 1 aliphatic heterocycles. The lowest BCUT2D eigenvalue weighted by atomic mass is 10.1. The van der Waals surface area contributed by atoms with Gasteiger partial charge in [0, 0.05) is 55.0 Å². The van der Waals surface area contributed by atoms with Crippen LogP contribution in [0.3, 0.4) is 0 Å². The number of thiophene rings is 2. The topological polar surface area (TPSA) is 23.8 Å². The Kier molecular flexibility index (Phi) is 7.01. The average molecular weight is 610 g/mol. The summed E-state index contributed by atoms with van der Waals surface area (Å²) in [5.41, 5.74) is 1.62. The first-order valence-corrected chi connectivity index (χ1v) is 14.5. The van der Waals surface area contributed by atoms with Gasteiger partial charge in [0.25, 0.3) is 0 Å². The van der Waals surface area contributed by atoms with Crippen molar-refractivity contribution in [3.05, 3.63) is 88.0 Å². The van der Waals surface area contributed by atoms with Gasteiger partial charge in [-0.15, -0.1) is 22.7 Å². The van der Waals surface area contributed by atoms with Crippen LogP contribution in [0.25, 0.3) is 42.7 Å². The molecular weight excluding hydrogens is 586 g/mol. The predicted octanol–water partition coefficient (Wildman–Crippen LogP) is 7.39. The molecule has 0 saturated heterocycles. The maximum Gasteiger partial charge on any atom is 0.678 e. The molecule has 3 aromatic heterocycles. The minimum Gasteiger partial charge on any atom is -0.378 e. The van der Waals surface area contributed by atoms with E-state index in [0.717, 1.165) is 27.4 Å². The Balaban J connectivity index is 1.43. The highest BCUT2D eigenvalue weighted by molar-refractivity contribution is 7.22. The second-order valence-corrected chi connectivity index (χ2v) is 12.5. The maximum atomic E-state index is 14.6. The highest BCUT2D eigenvalue weighted by Gasteiger charge is 2.42. The van der Waals surface area contributed by atoms with E-state index in [2.05, 4.69) is 4.99 Å². The van der Waals surface area contributed by atoms with E-state index in [4.69, 9.17) is 0 Å². The molecule has 6 rings (SSSR count). The van der Waals surface area contributed by atoms with Crippen molar-refractivity contribution in [2.24, 2.45) is 4.99 Å². The molecule has 2 aromatic carbocycles. The van der Waals surface area contributed by atoms with Gasteiger partial charge in [0.05, 0.1) is 25.8 Å². The van der Waals surface area contributed by atoms with Gasteiger partial charge in [-0.25, -0.2) is 4.99 Å². The van der Waals surface area contributed by atoms with Gasteiger partial charge in [-0.1, -0.05) is 24.3 Å². The Morgan fingerprint density at radius 3 is 1.81 bits per heavy atom. The summed E-state index contributed by atoms with van der Waals surface area (Å²) in [6.07, 6.45) is -3.57. The largest absolute Gasteiger partial charge is 0.678 e. The number of aromatic nitrogens is 1. The Morgan fingerprint density at radius 2 is 1.33 bits per heavy atom. The first-order chi connectivity index (χ1) is 19.9. The standard InChI is InChI=1S/C30H24BF5N4S2/c1-38(2)19-9-5-17(6-10-19)25-13-21-27(41-25)14-22(37-21)29(30(32,33)34)24-16-28-23(40(24)31(35)36)15-26(42-28)18-7-11-20(12-8-18)39(3)4/h5-16H,1-4H3/b29-22+. The van der Waals surface area contributed by atoms with Crippen molar-refractivity contribution in [3.63, 3.8) is 0 Å². The first kappa shape index (κ1) is 28.2. The third-order valence-electron chi connectivity index (χ3n) is 7.10. The summed E-state index contributed by atoms with van der Waals surface area (Å²) in [5.74, 6) is 0. The van der Waals surface area contributed by atoms with E-state index in [1.165, 1.54) is 40.9 Å². The van der Waals surface area contributed by atoms with E-state index in [1.54, 1.807) is 6.07 Å². The van der Waals surface area contributed by atoms with Crippen molar-refractivity contribution in [2.45, 2.75) is 6.18 Å². The molecule has 0 aliphatic carbocycles. The molecule has 1 aliphatic rings. The van der Waals surface area contributed by atoms with E-state index >= 15 is 0 Å². The van der Waals surface area contributed by atoms with Gasteiger partial charge in [-0.2, -0.15) is 13.2 Å². The van der Waals surface area contributed by atoms with E-state index < -0.39 is 24.8 Å². The molecule has 12 heteroatoms. The van der Waals surface area contributed by atoms with Gasteiger partial charge in [0.15, 0.2) is 0 Å². The summed E-state index contributed by atoms with van der Waals surface area (Å²) in [5, 5.41) is 0.392. The van der Waals surface area contributed by atoms with Crippen LogP contribution in [0, 0.1) is 0 Å². The van der Waals surface area contributed by atoms with E-state index in [-0.39, 0.29) is 11.2 Å². The molecule has 4 nitrogen and oxygen atoms in total. The van der Waals surface area contributed by atoms with Gasteiger partial charge < -0.3 is 14.3 Å². The van der Waals surface area contributed by atoms with Gasteiger partial charge in [0.2, 0.25) is 0 Å². The normalized spacial score (nSPS) is 14.0. The number of halogens is 5. The molecule has 214 valence electrons. The van der Waals surface area contributed by atoms with Crippen LogP contribution in [-0.4, -0.2) is 46.2 Å². The Hall–Kier alpha value is -3.90. The second kappa shape index (κ2) is 10.4. The summed E-state index contributed by atoms with van der Waals surface area (Å²) in [4.78, 5) is 9.74. The number of allylic oxidation sites excluding steroid dienone is 2. The summed E-state index contributed by atoms with van der Waals surface area (Å²) in [6.45, 7) is 0. The zero-order chi connectivity index (χ0) is 29.9. The zero-order valence-corrected chi connectivity index (χ0v) is 24.6. The molecule has 0 bridgehead atoms. The molecule has 4 heterocycles. The van der Waals surface area contributed by atoms with Crippen LogP contribution in [0.5, 0.6) is 0 Å². The van der Waals surface area contributed by atoms with E-state index in [1.807, 2.05) is 86.5 Å². The van der Waals surface area contributed by atoms with Crippen molar-refractivity contribution in [3.8, 4) is 20.9 Å². The Labute approximate surface area is 247 Å². The SMILES string of the molecule is CN(C)c1ccc(-c2cc3c(s2)=C/C(=C(/c2cc4sc(-c5ccc(N(C)C)cc5)cc4n2B(F)F)C(F)(F)F)N=3)cc1. The van der Waals surface area contributed by atoms with Gasteiger partial charge in [0.1, 0.15) is 5.57 Å². The highest BCUT2D eigenvalue weighted by Crippen LogP contribution is 2.43. The van der Waals surface area contributed by atoms with Gasteiger partial charge in [-0.05, 0) is 59.7 Å². The minimum atomic E-state index is -4.91. The molecule has 0 amide bonds. The number of anilines is 2. The lowest BCUT2D eigenvalue weighted by Gasteiger charge is -2.15. The van der Waals surface area contributed by atoms with Crippen LogP contribution in [0.2, 0.25) is 0 Å². The Bertz CT molecular complexity index is 1910. The summed E-state index contributed by atoms with van der Waals surface area (Å²) in [7, 11) is 4.51.